The third kappa shape index (κ3) is 2.74. The Bertz CT molecular complexity index is 482. The third-order valence-corrected chi connectivity index (χ3v) is 2.04. The van der Waals surface area contributed by atoms with E-state index in [-0.39, 0.29) is 12.4 Å². The Morgan fingerprint density at radius 2 is 2.12 bits per heavy atom. The Labute approximate surface area is 94.4 Å². The number of rotatable bonds is 3. The first kappa shape index (κ1) is 11.4. The van der Waals surface area contributed by atoms with Crippen molar-refractivity contribution in [1.82, 2.24) is 10.1 Å². The molecule has 4 nitrogen and oxygen atoms in total. The summed E-state index contributed by atoms with van der Waals surface area (Å²) in [7, 11) is 0. The molecule has 0 saturated heterocycles. The quantitative estimate of drug-likeness (QED) is 0.900. The number of hydrogen-bond acceptors (Lipinski definition) is 4. The molecule has 1 N–H and O–H groups in total. The van der Waals surface area contributed by atoms with Crippen molar-refractivity contribution >= 4 is 5.82 Å². The van der Waals surface area contributed by atoms with Crippen LogP contribution in [-0.4, -0.2) is 10.1 Å². The lowest BCUT2D eigenvalue weighted by atomic mass is 10.2. The number of aromatic nitrogens is 2. The van der Waals surface area contributed by atoms with Crippen LogP contribution in [0.5, 0.6) is 0 Å². The molecule has 0 bridgehead atoms. The van der Waals surface area contributed by atoms with Crippen LogP contribution in [0.3, 0.4) is 0 Å². The van der Waals surface area contributed by atoms with Crippen molar-refractivity contribution in [1.29, 1.82) is 0 Å². The first-order chi connectivity index (χ1) is 8.07. The molecule has 17 heavy (non-hydrogen) atoms. The fourth-order valence-electron chi connectivity index (χ4n) is 1.28. The van der Waals surface area contributed by atoms with E-state index >= 15 is 0 Å². The minimum Gasteiger partial charge on any atom is -0.364 e. The molecule has 2 aromatic heterocycles. The van der Waals surface area contributed by atoms with Crippen molar-refractivity contribution in [2.45, 2.75) is 12.7 Å². The molecule has 0 unspecified atom stereocenters. The summed E-state index contributed by atoms with van der Waals surface area (Å²) in [6, 6.07) is 3.77. The van der Waals surface area contributed by atoms with E-state index in [2.05, 4.69) is 20.0 Å². The second-order valence-electron chi connectivity index (χ2n) is 3.24. The normalized spacial score (nSPS) is 11.5. The second kappa shape index (κ2) is 4.44. The molecule has 0 spiro atoms. The number of hydrogen-bond donors (Lipinski definition) is 1. The van der Waals surface area contributed by atoms with E-state index in [0.29, 0.717) is 5.69 Å². The Morgan fingerprint density at radius 1 is 1.29 bits per heavy atom. The van der Waals surface area contributed by atoms with Crippen LogP contribution < -0.4 is 5.32 Å². The number of alkyl halides is 3. The average Bonchev–Trinajstić information content (AvgIpc) is 2.78. The lowest BCUT2D eigenvalue weighted by Gasteiger charge is -2.12. The summed E-state index contributed by atoms with van der Waals surface area (Å²) in [6.07, 6.45) is -1.79. The van der Waals surface area contributed by atoms with Gasteiger partial charge in [-0.3, -0.25) is 0 Å². The van der Waals surface area contributed by atoms with Gasteiger partial charge in [-0.15, -0.1) is 0 Å². The maximum absolute atomic E-state index is 12.6. The average molecular weight is 243 g/mol. The summed E-state index contributed by atoms with van der Waals surface area (Å²) < 4.78 is 42.4. The standard InChI is InChI=1S/C10H8F3N3O/c11-10(12,13)8-2-1-4-14-9(8)15-6-7-3-5-17-16-7/h1-5H,6H2,(H,14,15). The molecule has 2 heterocycles. The number of nitrogens with one attached hydrogen (secondary N) is 1. The molecular weight excluding hydrogens is 235 g/mol. The topological polar surface area (TPSA) is 51.0 Å². The number of anilines is 1. The molecule has 0 atom stereocenters. The Kier molecular flexibility index (Phi) is 2.99. The van der Waals surface area contributed by atoms with Gasteiger partial charge in [-0.05, 0) is 12.1 Å². The first-order valence-electron chi connectivity index (χ1n) is 4.73. The fraction of sp³-hybridized carbons (Fsp3) is 0.200. The van der Waals surface area contributed by atoms with E-state index in [9.17, 15) is 13.2 Å². The van der Waals surface area contributed by atoms with E-state index in [1.165, 1.54) is 18.5 Å². The largest absolute Gasteiger partial charge is 0.419 e. The molecule has 0 aliphatic heterocycles. The Morgan fingerprint density at radius 3 is 2.76 bits per heavy atom. The van der Waals surface area contributed by atoms with Crippen LogP contribution in [0.4, 0.5) is 19.0 Å². The summed E-state index contributed by atoms with van der Waals surface area (Å²) in [4.78, 5) is 3.66. The van der Waals surface area contributed by atoms with Crippen LogP contribution in [0, 0.1) is 0 Å². The van der Waals surface area contributed by atoms with E-state index < -0.39 is 11.7 Å². The van der Waals surface area contributed by atoms with Gasteiger partial charge in [0, 0.05) is 12.3 Å². The van der Waals surface area contributed by atoms with Crippen molar-refractivity contribution < 1.29 is 17.7 Å². The van der Waals surface area contributed by atoms with Crippen LogP contribution in [-0.2, 0) is 12.7 Å². The summed E-state index contributed by atoms with van der Waals surface area (Å²) >= 11 is 0. The molecule has 2 rings (SSSR count). The molecule has 0 radical (unpaired) electrons. The maximum Gasteiger partial charge on any atom is 0.419 e. The highest BCUT2D eigenvalue weighted by Gasteiger charge is 2.33. The van der Waals surface area contributed by atoms with E-state index in [0.717, 1.165) is 6.07 Å². The Balaban J connectivity index is 2.16. The van der Waals surface area contributed by atoms with E-state index in [1.54, 1.807) is 6.07 Å². The van der Waals surface area contributed by atoms with Crippen LogP contribution in [0.25, 0.3) is 0 Å². The van der Waals surface area contributed by atoms with Gasteiger partial charge in [0.25, 0.3) is 0 Å². The van der Waals surface area contributed by atoms with Crippen molar-refractivity contribution in [2.75, 3.05) is 5.32 Å². The van der Waals surface area contributed by atoms with Gasteiger partial charge < -0.3 is 9.84 Å². The van der Waals surface area contributed by atoms with Gasteiger partial charge in [0.15, 0.2) is 0 Å². The summed E-state index contributed by atoms with van der Waals surface area (Å²) in [5.41, 5.74) is -0.299. The molecule has 7 heteroatoms. The van der Waals surface area contributed by atoms with Crippen LogP contribution in [0.15, 0.2) is 35.2 Å². The van der Waals surface area contributed by atoms with Crippen LogP contribution >= 0.6 is 0 Å². The lowest BCUT2D eigenvalue weighted by Crippen LogP contribution is -2.12. The van der Waals surface area contributed by atoms with Crippen molar-refractivity contribution in [3.63, 3.8) is 0 Å². The zero-order valence-corrected chi connectivity index (χ0v) is 8.53. The van der Waals surface area contributed by atoms with Gasteiger partial charge in [0.2, 0.25) is 0 Å². The van der Waals surface area contributed by atoms with Gasteiger partial charge in [-0.25, -0.2) is 4.98 Å². The molecule has 0 aliphatic carbocycles. The van der Waals surface area contributed by atoms with Gasteiger partial charge in [-0.2, -0.15) is 13.2 Å². The highest BCUT2D eigenvalue weighted by molar-refractivity contribution is 5.45. The Hall–Kier alpha value is -2.05. The van der Waals surface area contributed by atoms with Crippen molar-refractivity contribution in [3.05, 3.63) is 41.9 Å². The fourth-order valence-corrected chi connectivity index (χ4v) is 1.28. The second-order valence-corrected chi connectivity index (χ2v) is 3.24. The highest BCUT2D eigenvalue weighted by Crippen LogP contribution is 2.33. The van der Waals surface area contributed by atoms with Crippen LogP contribution in [0.2, 0.25) is 0 Å². The number of nitrogens with zero attached hydrogens (tertiary/aromatic N) is 2. The molecular formula is C10H8F3N3O. The van der Waals surface area contributed by atoms with Gasteiger partial charge in [0.1, 0.15) is 17.8 Å². The monoisotopic (exact) mass is 243 g/mol. The highest BCUT2D eigenvalue weighted by atomic mass is 19.4. The third-order valence-electron chi connectivity index (χ3n) is 2.04. The molecule has 90 valence electrons. The summed E-state index contributed by atoms with van der Waals surface area (Å²) in [5.74, 6) is -0.219. The molecule has 0 fully saturated rings. The number of pyridine rings is 1. The summed E-state index contributed by atoms with van der Waals surface area (Å²) in [5, 5.41) is 6.15. The van der Waals surface area contributed by atoms with Gasteiger partial charge >= 0.3 is 6.18 Å². The molecule has 2 aromatic rings. The van der Waals surface area contributed by atoms with Crippen LogP contribution in [0.1, 0.15) is 11.3 Å². The SMILES string of the molecule is FC(F)(F)c1cccnc1NCc1ccon1. The number of halogens is 3. The predicted molar refractivity (Wildman–Crippen MR) is 53.1 cm³/mol. The predicted octanol–water partition coefficient (Wildman–Crippen LogP) is 2.70. The minimum atomic E-state index is -4.43. The van der Waals surface area contributed by atoms with Crippen molar-refractivity contribution in [3.8, 4) is 0 Å². The maximum atomic E-state index is 12.6. The molecule has 0 aliphatic rings. The van der Waals surface area contributed by atoms with E-state index in [1.807, 2.05) is 0 Å². The van der Waals surface area contributed by atoms with Crippen molar-refractivity contribution in [2.24, 2.45) is 0 Å². The van der Waals surface area contributed by atoms with E-state index in [4.69, 9.17) is 0 Å². The zero-order valence-electron chi connectivity index (χ0n) is 8.53. The minimum absolute atomic E-state index is 0.122. The molecule has 0 saturated carbocycles. The zero-order chi connectivity index (χ0) is 12.3. The molecule has 0 aromatic carbocycles. The van der Waals surface area contributed by atoms with Gasteiger partial charge in [0.05, 0.1) is 12.1 Å². The first-order valence-corrected chi connectivity index (χ1v) is 4.73. The summed E-state index contributed by atoms with van der Waals surface area (Å²) in [6.45, 7) is 0.122. The smallest absolute Gasteiger partial charge is 0.364 e. The molecule has 0 amide bonds. The lowest BCUT2D eigenvalue weighted by molar-refractivity contribution is -0.137. The van der Waals surface area contributed by atoms with Gasteiger partial charge in [-0.1, -0.05) is 5.16 Å².